The molecule has 1 aromatic carbocycles. The lowest BCUT2D eigenvalue weighted by atomic mass is 10.1. The summed E-state index contributed by atoms with van der Waals surface area (Å²) < 4.78 is 9.96. The maximum absolute atomic E-state index is 12.3. The van der Waals surface area contributed by atoms with Gasteiger partial charge in [0.25, 0.3) is 0 Å². The predicted molar refractivity (Wildman–Crippen MR) is 88.4 cm³/mol. The summed E-state index contributed by atoms with van der Waals surface area (Å²) in [5.74, 6) is -0.134. The normalized spacial score (nSPS) is 21.0. The average Bonchev–Trinajstić information content (AvgIpc) is 3.43. The third-order valence-corrected chi connectivity index (χ3v) is 4.54. The van der Waals surface area contributed by atoms with Crippen LogP contribution in [0.1, 0.15) is 35.2 Å². The molecule has 24 heavy (non-hydrogen) atoms. The van der Waals surface area contributed by atoms with E-state index in [9.17, 15) is 9.59 Å². The van der Waals surface area contributed by atoms with Gasteiger partial charge < -0.3 is 9.47 Å². The number of amides is 1. The summed E-state index contributed by atoms with van der Waals surface area (Å²) in [6.07, 6.45) is 3.68. The molecule has 2 heterocycles. The Bertz CT molecular complexity index is 583. The van der Waals surface area contributed by atoms with Crippen molar-refractivity contribution in [1.29, 1.82) is 0 Å². The minimum Gasteiger partial charge on any atom is -0.465 e. The third-order valence-electron chi connectivity index (χ3n) is 4.54. The van der Waals surface area contributed by atoms with Crippen LogP contribution in [0.15, 0.2) is 24.3 Å². The number of hydrogen-bond acceptors (Lipinski definition) is 5. The summed E-state index contributed by atoms with van der Waals surface area (Å²) in [5.41, 5.74) is 1.65. The molecule has 130 valence electrons. The Morgan fingerprint density at radius 3 is 2.71 bits per heavy atom. The van der Waals surface area contributed by atoms with E-state index in [2.05, 4.69) is 5.01 Å². The zero-order valence-electron chi connectivity index (χ0n) is 14.1. The predicted octanol–water partition coefficient (Wildman–Crippen LogP) is 1.64. The van der Waals surface area contributed by atoms with Gasteiger partial charge in [0, 0.05) is 26.1 Å². The molecule has 1 unspecified atom stereocenters. The van der Waals surface area contributed by atoms with Gasteiger partial charge in [-0.05, 0) is 37.0 Å². The van der Waals surface area contributed by atoms with Crippen LogP contribution in [0.25, 0.3) is 0 Å². The van der Waals surface area contributed by atoms with Crippen LogP contribution in [0.5, 0.6) is 0 Å². The highest BCUT2D eigenvalue weighted by Crippen LogP contribution is 2.18. The molecule has 6 nitrogen and oxygen atoms in total. The van der Waals surface area contributed by atoms with Crippen molar-refractivity contribution >= 4 is 11.9 Å². The standard InChI is InChI=1S/C18H24N2O4/c1-23-18(22)15-6-4-14(5-7-15)8-12-20-17(21)3-2-10-19(20)11-9-16-13-24-16/h4-7,16H,2-3,8-13H2,1H3. The summed E-state index contributed by atoms with van der Waals surface area (Å²) in [6, 6.07) is 7.37. The molecule has 2 aliphatic rings. The second-order valence-electron chi connectivity index (χ2n) is 6.26. The first-order chi connectivity index (χ1) is 11.7. The zero-order chi connectivity index (χ0) is 16.9. The highest BCUT2D eigenvalue weighted by atomic mass is 16.6. The molecule has 1 atom stereocenters. The molecular weight excluding hydrogens is 308 g/mol. The van der Waals surface area contributed by atoms with Crippen LogP contribution >= 0.6 is 0 Å². The van der Waals surface area contributed by atoms with Crippen molar-refractivity contribution in [2.24, 2.45) is 0 Å². The van der Waals surface area contributed by atoms with Gasteiger partial charge in [-0.25, -0.2) is 9.80 Å². The zero-order valence-corrected chi connectivity index (χ0v) is 14.1. The molecule has 0 aliphatic carbocycles. The van der Waals surface area contributed by atoms with Crippen molar-refractivity contribution in [1.82, 2.24) is 10.0 Å². The average molecular weight is 332 g/mol. The third kappa shape index (κ3) is 4.33. The first-order valence-corrected chi connectivity index (χ1v) is 8.51. The SMILES string of the molecule is COC(=O)c1ccc(CCN2C(=O)CCCN2CCC2CO2)cc1. The Morgan fingerprint density at radius 1 is 1.29 bits per heavy atom. The van der Waals surface area contributed by atoms with Gasteiger partial charge in [-0.15, -0.1) is 0 Å². The molecule has 0 radical (unpaired) electrons. The second kappa shape index (κ2) is 7.77. The molecule has 2 aliphatic heterocycles. The summed E-state index contributed by atoms with van der Waals surface area (Å²) >= 11 is 0. The molecule has 0 aromatic heterocycles. The number of carbonyl (C=O) groups excluding carboxylic acids is 2. The Balaban J connectivity index is 1.55. The van der Waals surface area contributed by atoms with E-state index in [-0.39, 0.29) is 11.9 Å². The van der Waals surface area contributed by atoms with Crippen LogP contribution in [-0.4, -0.2) is 61.3 Å². The monoisotopic (exact) mass is 332 g/mol. The van der Waals surface area contributed by atoms with Crippen molar-refractivity contribution < 1.29 is 19.1 Å². The van der Waals surface area contributed by atoms with Crippen LogP contribution in [0.3, 0.4) is 0 Å². The Morgan fingerprint density at radius 2 is 2.04 bits per heavy atom. The van der Waals surface area contributed by atoms with E-state index in [1.807, 2.05) is 17.1 Å². The molecule has 0 spiro atoms. The van der Waals surface area contributed by atoms with Crippen LogP contribution in [0, 0.1) is 0 Å². The molecule has 1 amide bonds. The summed E-state index contributed by atoms with van der Waals surface area (Å²) in [7, 11) is 1.37. The number of carbonyl (C=O) groups is 2. The molecule has 3 rings (SSSR count). The fourth-order valence-corrected chi connectivity index (χ4v) is 3.01. The van der Waals surface area contributed by atoms with Gasteiger partial charge in [0.15, 0.2) is 0 Å². The Labute approximate surface area is 142 Å². The fraction of sp³-hybridized carbons (Fsp3) is 0.556. The Hall–Kier alpha value is -1.92. The van der Waals surface area contributed by atoms with E-state index in [1.165, 1.54) is 7.11 Å². The van der Waals surface area contributed by atoms with Crippen LogP contribution < -0.4 is 0 Å². The summed E-state index contributed by atoms with van der Waals surface area (Å²) in [6.45, 7) is 3.33. The van der Waals surface area contributed by atoms with Gasteiger partial charge in [0.1, 0.15) is 0 Å². The molecule has 6 heteroatoms. The van der Waals surface area contributed by atoms with Crippen molar-refractivity contribution in [2.75, 3.05) is 33.4 Å². The number of epoxide rings is 1. The number of rotatable bonds is 7. The number of hydrazine groups is 1. The van der Waals surface area contributed by atoms with Gasteiger partial charge in [-0.1, -0.05) is 12.1 Å². The van der Waals surface area contributed by atoms with E-state index in [0.29, 0.717) is 24.6 Å². The van der Waals surface area contributed by atoms with Gasteiger partial charge in [-0.2, -0.15) is 0 Å². The van der Waals surface area contributed by atoms with Crippen LogP contribution in [0.2, 0.25) is 0 Å². The minimum absolute atomic E-state index is 0.198. The van der Waals surface area contributed by atoms with Crippen molar-refractivity contribution in [3.05, 3.63) is 35.4 Å². The number of esters is 1. The lowest BCUT2D eigenvalue weighted by Gasteiger charge is -2.38. The number of nitrogens with zero attached hydrogens (tertiary/aromatic N) is 2. The largest absolute Gasteiger partial charge is 0.465 e. The van der Waals surface area contributed by atoms with E-state index in [1.54, 1.807) is 12.1 Å². The van der Waals surface area contributed by atoms with Crippen LogP contribution in [0.4, 0.5) is 0 Å². The molecule has 0 saturated carbocycles. The molecular formula is C18H24N2O4. The minimum atomic E-state index is -0.332. The molecule has 0 N–H and O–H groups in total. The summed E-state index contributed by atoms with van der Waals surface area (Å²) in [5, 5.41) is 4.05. The summed E-state index contributed by atoms with van der Waals surface area (Å²) in [4.78, 5) is 23.7. The van der Waals surface area contributed by atoms with E-state index < -0.39 is 0 Å². The molecule has 0 bridgehead atoms. The first-order valence-electron chi connectivity index (χ1n) is 8.51. The molecule has 2 saturated heterocycles. The van der Waals surface area contributed by atoms with Crippen LogP contribution in [-0.2, 0) is 20.7 Å². The molecule has 1 aromatic rings. The quantitative estimate of drug-likeness (QED) is 0.561. The second-order valence-corrected chi connectivity index (χ2v) is 6.26. The van der Waals surface area contributed by atoms with Crippen molar-refractivity contribution in [2.45, 2.75) is 31.8 Å². The fourth-order valence-electron chi connectivity index (χ4n) is 3.01. The topological polar surface area (TPSA) is 62.4 Å². The number of ether oxygens (including phenoxy) is 2. The Kier molecular flexibility index (Phi) is 5.48. The number of hydrogen-bond donors (Lipinski definition) is 0. The van der Waals surface area contributed by atoms with Gasteiger partial charge in [-0.3, -0.25) is 9.80 Å². The highest BCUT2D eigenvalue weighted by molar-refractivity contribution is 5.89. The van der Waals surface area contributed by atoms with Gasteiger partial charge in [0.05, 0.1) is 25.4 Å². The van der Waals surface area contributed by atoms with E-state index >= 15 is 0 Å². The van der Waals surface area contributed by atoms with E-state index in [4.69, 9.17) is 9.47 Å². The smallest absolute Gasteiger partial charge is 0.337 e. The highest BCUT2D eigenvalue weighted by Gasteiger charge is 2.28. The number of methoxy groups -OCH3 is 1. The van der Waals surface area contributed by atoms with Gasteiger partial charge >= 0.3 is 5.97 Å². The van der Waals surface area contributed by atoms with Gasteiger partial charge in [0.2, 0.25) is 5.91 Å². The first kappa shape index (κ1) is 16.9. The van der Waals surface area contributed by atoms with Crippen molar-refractivity contribution in [3.63, 3.8) is 0 Å². The maximum atomic E-state index is 12.3. The molecule has 2 fully saturated rings. The van der Waals surface area contributed by atoms with E-state index in [0.717, 1.165) is 44.5 Å². The lowest BCUT2D eigenvalue weighted by Crippen LogP contribution is -2.51. The number of benzene rings is 1. The van der Waals surface area contributed by atoms with Crippen molar-refractivity contribution in [3.8, 4) is 0 Å². The lowest BCUT2D eigenvalue weighted by molar-refractivity contribution is -0.155. The maximum Gasteiger partial charge on any atom is 0.337 e.